The molecule has 1 saturated heterocycles. The SMILES string of the molecule is CCCc1cc(C(=O)O)cc(N(C)C2CCSC2)n1. The minimum absolute atomic E-state index is 0.339. The third-order valence-corrected chi connectivity index (χ3v) is 4.58. The van der Waals surface area contributed by atoms with E-state index in [2.05, 4.69) is 16.8 Å². The van der Waals surface area contributed by atoms with Crippen LogP contribution in [0.1, 0.15) is 35.8 Å². The summed E-state index contributed by atoms with van der Waals surface area (Å²) in [6, 6.07) is 3.84. The van der Waals surface area contributed by atoms with Gasteiger partial charge in [0.2, 0.25) is 0 Å². The van der Waals surface area contributed by atoms with Crippen molar-refractivity contribution in [3.8, 4) is 0 Å². The molecule has 19 heavy (non-hydrogen) atoms. The maximum Gasteiger partial charge on any atom is 0.335 e. The molecule has 0 bridgehead atoms. The smallest absolute Gasteiger partial charge is 0.335 e. The molecule has 1 N–H and O–H groups in total. The van der Waals surface area contributed by atoms with E-state index in [4.69, 9.17) is 0 Å². The van der Waals surface area contributed by atoms with Gasteiger partial charge in [-0.3, -0.25) is 0 Å². The number of rotatable bonds is 5. The van der Waals surface area contributed by atoms with Crippen molar-refractivity contribution >= 4 is 23.5 Å². The monoisotopic (exact) mass is 280 g/mol. The van der Waals surface area contributed by atoms with Gasteiger partial charge in [0.15, 0.2) is 0 Å². The summed E-state index contributed by atoms with van der Waals surface area (Å²) in [5.74, 6) is 2.18. The highest BCUT2D eigenvalue weighted by molar-refractivity contribution is 7.99. The van der Waals surface area contributed by atoms with E-state index >= 15 is 0 Å². The normalized spacial score (nSPS) is 18.5. The minimum atomic E-state index is -0.879. The number of nitrogens with zero attached hydrogens (tertiary/aromatic N) is 2. The average molecular weight is 280 g/mol. The number of carbonyl (C=O) groups is 1. The number of anilines is 1. The lowest BCUT2D eigenvalue weighted by Crippen LogP contribution is -2.32. The van der Waals surface area contributed by atoms with Crippen molar-refractivity contribution in [3.63, 3.8) is 0 Å². The van der Waals surface area contributed by atoms with Crippen molar-refractivity contribution in [1.29, 1.82) is 0 Å². The van der Waals surface area contributed by atoms with Gasteiger partial charge in [-0.05, 0) is 30.7 Å². The topological polar surface area (TPSA) is 53.4 Å². The van der Waals surface area contributed by atoms with Crippen LogP contribution in [0.4, 0.5) is 5.82 Å². The van der Waals surface area contributed by atoms with Gasteiger partial charge in [0.05, 0.1) is 5.56 Å². The van der Waals surface area contributed by atoms with Crippen LogP contribution in [-0.2, 0) is 6.42 Å². The summed E-state index contributed by atoms with van der Waals surface area (Å²) in [7, 11) is 2.01. The lowest BCUT2D eigenvalue weighted by atomic mass is 10.1. The summed E-state index contributed by atoms with van der Waals surface area (Å²) in [4.78, 5) is 17.9. The molecule has 2 rings (SSSR count). The van der Waals surface area contributed by atoms with E-state index in [1.807, 2.05) is 18.8 Å². The van der Waals surface area contributed by atoms with Gasteiger partial charge >= 0.3 is 5.97 Å². The molecule has 0 spiro atoms. The zero-order valence-corrected chi connectivity index (χ0v) is 12.2. The Morgan fingerprint density at radius 2 is 2.37 bits per heavy atom. The minimum Gasteiger partial charge on any atom is -0.478 e. The first-order chi connectivity index (χ1) is 9.11. The number of aromatic carboxylic acids is 1. The molecule has 1 fully saturated rings. The Hall–Kier alpha value is -1.23. The van der Waals surface area contributed by atoms with Crippen molar-refractivity contribution in [2.75, 3.05) is 23.5 Å². The van der Waals surface area contributed by atoms with Gasteiger partial charge in [-0.25, -0.2) is 9.78 Å². The van der Waals surface area contributed by atoms with E-state index in [0.717, 1.165) is 36.5 Å². The largest absolute Gasteiger partial charge is 0.478 e. The van der Waals surface area contributed by atoms with Crippen LogP contribution in [0.5, 0.6) is 0 Å². The fraction of sp³-hybridized carbons (Fsp3) is 0.571. The summed E-state index contributed by atoms with van der Waals surface area (Å²) < 4.78 is 0. The molecule has 0 aliphatic carbocycles. The standard InChI is InChI=1S/C14H20N2O2S/c1-3-4-11-7-10(14(17)18)8-13(15-11)16(2)12-5-6-19-9-12/h7-8,12H,3-6,9H2,1-2H3,(H,17,18). The third-order valence-electron chi connectivity index (χ3n) is 3.43. The van der Waals surface area contributed by atoms with Crippen LogP contribution in [-0.4, -0.2) is 40.7 Å². The Kier molecular flexibility index (Phi) is 4.69. The number of hydrogen-bond acceptors (Lipinski definition) is 4. The van der Waals surface area contributed by atoms with E-state index in [1.54, 1.807) is 12.1 Å². The summed E-state index contributed by atoms with van der Waals surface area (Å²) in [6.45, 7) is 2.08. The number of carboxylic acids is 1. The number of pyridine rings is 1. The Labute approximate surface area is 118 Å². The number of hydrogen-bond donors (Lipinski definition) is 1. The predicted octanol–water partition coefficient (Wildman–Crippen LogP) is 2.67. The van der Waals surface area contributed by atoms with Crippen molar-refractivity contribution < 1.29 is 9.90 Å². The van der Waals surface area contributed by atoms with E-state index in [-0.39, 0.29) is 0 Å². The predicted molar refractivity (Wildman–Crippen MR) is 79.3 cm³/mol. The van der Waals surface area contributed by atoms with Crippen molar-refractivity contribution in [2.45, 2.75) is 32.2 Å². The van der Waals surface area contributed by atoms with Gasteiger partial charge in [0.25, 0.3) is 0 Å². The Morgan fingerprint density at radius 1 is 1.58 bits per heavy atom. The second-order valence-corrected chi connectivity index (χ2v) is 6.04. The molecular weight excluding hydrogens is 260 g/mol. The molecule has 0 aromatic carbocycles. The molecule has 2 heterocycles. The molecular formula is C14H20N2O2S. The molecule has 5 heteroatoms. The molecule has 4 nitrogen and oxygen atoms in total. The second-order valence-electron chi connectivity index (χ2n) is 4.89. The molecule has 0 radical (unpaired) electrons. The molecule has 1 aromatic rings. The van der Waals surface area contributed by atoms with Crippen molar-refractivity contribution in [2.24, 2.45) is 0 Å². The molecule has 0 saturated carbocycles. The van der Waals surface area contributed by atoms with E-state index in [1.165, 1.54) is 5.75 Å². The fourth-order valence-electron chi connectivity index (χ4n) is 2.27. The molecule has 1 atom stereocenters. The molecule has 104 valence electrons. The van der Waals surface area contributed by atoms with Crippen LogP contribution in [0.15, 0.2) is 12.1 Å². The zero-order chi connectivity index (χ0) is 13.8. The van der Waals surface area contributed by atoms with Gasteiger partial charge in [0.1, 0.15) is 5.82 Å². The van der Waals surface area contributed by atoms with Gasteiger partial charge in [-0.1, -0.05) is 13.3 Å². The highest BCUT2D eigenvalue weighted by atomic mass is 32.2. The Balaban J connectivity index is 2.29. The summed E-state index contributed by atoms with van der Waals surface area (Å²) in [5.41, 5.74) is 1.21. The van der Waals surface area contributed by atoms with Crippen molar-refractivity contribution in [1.82, 2.24) is 4.98 Å². The maximum atomic E-state index is 11.2. The molecule has 1 aromatic heterocycles. The first kappa shape index (κ1) is 14.2. The number of thioether (sulfide) groups is 1. The zero-order valence-electron chi connectivity index (χ0n) is 11.4. The fourth-order valence-corrected chi connectivity index (χ4v) is 3.54. The summed E-state index contributed by atoms with van der Waals surface area (Å²) >= 11 is 1.94. The summed E-state index contributed by atoms with van der Waals surface area (Å²) in [5, 5.41) is 9.20. The van der Waals surface area contributed by atoms with Crippen molar-refractivity contribution in [3.05, 3.63) is 23.4 Å². The van der Waals surface area contributed by atoms with E-state index < -0.39 is 5.97 Å². The average Bonchev–Trinajstić information content (AvgIpc) is 2.91. The van der Waals surface area contributed by atoms with Crippen LogP contribution < -0.4 is 4.90 Å². The maximum absolute atomic E-state index is 11.2. The van der Waals surface area contributed by atoms with Crippen LogP contribution in [0.2, 0.25) is 0 Å². The van der Waals surface area contributed by atoms with Gasteiger partial charge in [0, 0.05) is 24.5 Å². The highest BCUT2D eigenvalue weighted by Gasteiger charge is 2.22. The molecule has 0 amide bonds. The summed E-state index contributed by atoms with van der Waals surface area (Å²) in [6.07, 6.45) is 2.93. The van der Waals surface area contributed by atoms with Gasteiger partial charge < -0.3 is 10.0 Å². The number of aryl methyl sites for hydroxylation is 1. The lowest BCUT2D eigenvalue weighted by molar-refractivity contribution is 0.0696. The van der Waals surface area contributed by atoms with Crippen LogP contribution in [0.25, 0.3) is 0 Å². The van der Waals surface area contributed by atoms with E-state index in [0.29, 0.717) is 11.6 Å². The Bertz CT molecular complexity index is 459. The highest BCUT2D eigenvalue weighted by Crippen LogP contribution is 2.25. The quantitative estimate of drug-likeness (QED) is 0.898. The number of carboxylic acid groups (broad SMARTS) is 1. The van der Waals surface area contributed by atoms with Gasteiger partial charge in [-0.2, -0.15) is 11.8 Å². The van der Waals surface area contributed by atoms with Crippen LogP contribution in [0.3, 0.4) is 0 Å². The Morgan fingerprint density at radius 3 is 2.95 bits per heavy atom. The lowest BCUT2D eigenvalue weighted by Gasteiger charge is -2.25. The van der Waals surface area contributed by atoms with Crippen LogP contribution in [0, 0.1) is 0 Å². The second kappa shape index (κ2) is 6.28. The third kappa shape index (κ3) is 3.41. The first-order valence-corrected chi connectivity index (χ1v) is 7.82. The number of aromatic nitrogens is 1. The van der Waals surface area contributed by atoms with E-state index in [9.17, 15) is 9.90 Å². The molecule has 1 aliphatic heterocycles. The van der Waals surface area contributed by atoms with Crippen LogP contribution >= 0.6 is 11.8 Å². The van der Waals surface area contributed by atoms with Gasteiger partial charge in [-0.15, -0.1) is 0 Å². The molecule has 1 unspecified atom stereocenters. The molecule has 1 aliphatic rings. The first-order valence-electron chi connectivity index (χ1n) is 6.66.